The third kappa shape index (κ3) is 7.53. The second-order valence-corrected chi connectivity index (χ2v) is 9.59. The Morgan fingerprint density at radius 2 is 1.35 bits per heavy atom. The zero-order chi connectivity index (χ0) is 24.2. The third-order valence-corrected chi connectivity index (χ3v) is 6.82. The van der Waals surface area contributed by atoms with Crippen LogP contribution < -0.4 is 5.32 Å². The number of nitrogens with zero attached hydrogens (tertiary/aromatic N) is 1. The highest BCUT2D eigenvalue weighted by molar-refractivity contribution is 6.50. The number of benzene rings is 1. The second kappa shape index (κ2) is 14.1. The molecule has 182 valence electrons. The minimum atomic E-state index is -0.428. The summed E-state index contributed by atoms with van der Waals surface area (Å²) in [5.74, 6) is -0.740. The quantitative estimate of drug-likeness (QED) is 0.260. The number of carbonyl (C=O) groups is 2. The van der Waals surface area contributed by atoms with Gasteiger partial charge in [0.1, 0.15) is 16.4 Å². The van der Waals surface area contributed by atoms with Crippen LogP contribution in [0.5, 0.6) is 0 Å². The van der Waals surface area contributed by atoms with Crippen molar-refractivity contribution < 1.29 is 9.59 Å². The predicted molar refractivity (Wildman–Crippen MR) is 141 cm³/mol. The van der Waals surface area contributed by atoms with Gasteiger partial charge in [-0.2, -0.15) is 0 Å². The lowest BCUT2D eigenvalue weighted by molar-refractivity contribution is 0.0978. The largest absolute Gasteiger partial charge is 0.351 e. The normalized spacial score (nSPS) is 13.4. The smallest absolute Gasteiger partial charge is 0.225 e. The van der Waals surface area contributed by atoms with Gasteiger partial charge in [0.2, 0.25) is 11.6 Å². The molecule has 2 aromatic rings. The summed E-state index contributed by atoms with van der Waals surface area (Å²) in [7, 11) is 0. The number of unbranched alkanes of at least 4 members (excludes halogenated alkanes) is 11. The number of rotatable bonds is 15. The van der Waals surface area contributed by atoms with Gasteiger partial charge in [-0.15, -0.1) is 0 Å². The minimum Gasteiger partial charge on any atom is -0.351 e. The van der Waals surface area contributed by atoms with Gasteiger partial charge in [0.15, 0.2) is 0 Å². The lowest BCUT2D eigenvalue weighted by Crippen LogP contribution is -2.25. The summed E-state index contributed by atoms with van der Waals surface area (Å²) in [5.41, 5.74) is 2.52. The molecule has 0 amide bonds. The van der Waals surface area contributed by atoms with Crippen molar-refractivity contribution in [2.45, 2.75) is 90.4 Å². The van der Waals surface area contributed by atoms with Gasteiger partial charge in [-0.1, -0.05) is 101 Å². The number of halogens is 1. The Bertz CT molecular complexity index is 982. The van der Waals surface area contributed by atoms with Gasteiger partial charge in [-0.25, -0.2) is 0 Å². The average Bonchev–Trinajstić information content (AvgIpc) is 2.87. The Labute approximate surface area is 209 Å². The highest BCUT2D eigenvalue weighted by atomic mass is 35.5. The topological polar surface area (TPSA) is 59.1 Å². The molecule has 5 heteroatoms. The van der Waals surface area contributed by atoms with Crippen molar-refractivity contribution in [3.05, 3.63) is 70.1 Å². The van der Waals surface area contributed by atoms with E-state index in [1.54, 1.807) is 12.1 Å². The molecule has 0 unspecified atom stereocenters. The SMILES string of the molecule is CCCCCCCCCCCCCCc1ccc(NC2=C(Cl)C(=O)c3ncccc3C2=O)cc1. The van der Waals surface area contributed by atoms with E-state index in [0.717, 1.165) is 12.1 Å². The van der Waals surface area contributed by atoms with Crippen molar-refractivity contribution in [3.63, 3.8) is 0 Å². The van der Waals surface area contributed by atoms with Gasteiger partial charge in [0.05, 0.1) is 5.56 Å². The zero-order valence-electron chi connectivity index (χ0n) is 20.4. The first-order valence-electron chi connectivity index (χ1n) is 12.9. The number of Topliss-reactive ketones (excluding diaryl/α,β-unsaturated/α-hetero) is 2. The molecule has 34 heavy (non-hydrogen) atoms. The van der Waals surface area contributed by atoms with Gasteiger partial charge in [-0.05, 0) is 42.7 Å². The molecule has 0 spiro atoms. The van der Waals surface area contributed by atoms with E-state index < -0.39 is 5.78 Å². The van der Waals surface area contributed by atoms with E-state index in [2.05, 4.69) is 29.4 Å². The van der Waals surface area contributed by atoms with E-state index >= 15 is 0 Å². The van der Waals surface area contributed by atoms with Gasteiger partial charge in [-0.3, -0.25) is 14.6 Å². The zero-order valence-corrected chi connectivity index (χ0v) is 21.1. The first-order chi connectivity index (χ1) is 16.6. The van der Waals surface area contributed by atoms with E-state index in [1.807, 2.05) is 12.1 Å². The first kappa shape index (κ1) is 26.2. The summed E-state index contributed by atoms with van der Waals surface area (Å²) >= 11 is 6.21. The first-order valence-corrected chi connectivity index (χ1v) is 13.3. The maximum absolute atomic E-state index is 12.8. The van der Waals surface area contributed by atoms with Gasteiger partial charge in [0.25, 0.3) is 0 Å². The van der Waals surface area contributed by atoms with Crippen LogP contribution in [-0.2, 0) is 6.42 Å². The van der Waals surface area contributed by atoms with Crippen molar-refractivity contribution in [3.8, 4) is 0 Å². The van der Waals surface area contributed by atoms with Crippen molar-refractivity contribution >= 4 is 28.9 Å². The number of allylic oxidation sites excluding steroid dienone is 2. The molecular weight excluding hydrogens is 444 g/mol. The number of nitrogens with one attached hydrogen (secondary N) is 1. The van der Waals surface area contributed by atoms with Crippen LogP contribution in [0.2, 0.25) is 0 Å². The summed E-state index contributed by atoms with van der Waals surface area (Å²) in [5, 5.41) is 2.93. The summed E-state index contributed by atoms with van der Waals surface area (Å²) in [6.45, 7) is 2.27. The predicted octanol–water partition coefficient (Wildman–Crippen LogP) is 8.27. The van der Waals surface area contributed by atoms with Crippen LogP contribution in [0.1, 0.15) is 110 Å². The number of anilines is 1. The molecule has 1 aromatic heterocycles. The van der Waals surface area contributed by atoms with Crippen molar-refractivity contribution in [2.24, 2.45) is 0 Å². The highest BCUT2D eigenvalue weighted by Gasteiger charge is 2.32. The van der Waals surface area contributed by atoms with Crippen LogP contribution >= 0.6 is 11.6 Å². The summed E-state index contributed by atoms with van der Waals surface area (Å²) < 4.78 is 0. The number of fused-ring (bicyclic) bond motifs is 1. The van der Waals surface area contributed by atoms with E-state index in [9.17, 15) is 9.59 Å². The number of pyridine rings is 1. The van der Waals surface area contributed by atoms with Crippen LogP contribution in [0.3, 0.4) is 0 Å². The van der Waals surface area contributed by atoms with Crippen molar-refractivity contribution in [1.29, 1.82) is 0 Å². The van der Waals surface area contributed by atoms with Gasteiger partial charge in [0, 0.05) is 11.9 Å². The maximum Gasteiger partial charge on any atom is 0.225 e. The Morgan fingerprint density at radius 1 is 0.765 bits per heavy atom. The van der Waals surface area contributed by atoms with Crippen LogP contribution in [-0.4, -0.2) is 16.6 Å². The van der Waals surface area contributed by atoms with E-state index in [0.29, 0.717) is 0 Å². The molecule has 1 N–H and O–H groups in total. The minimum absolute atomic E-state index is 0.112. The number of hydrogen-bond donors (Lipinski definition) is 1. The molecule has 0 atom stereocenters. The van der Waals surface area contributed by atoms with Crippen LogP contribution in [0.4, 0.5) is 5.69 Å². The molecule has 1 aliphatic rings. The number of aryl methyl sites for hydroxylation is 1. The molecule has 1 aliphatic carbocycles. The molecule has 0 saturated carbocycles. The van der Waals surface area contributed by atoms with Gasteiger partial charge < -0.3 is 5.32 Å². The molecule has 0 fully saturated rings. The van der Waals surface area contributed by atoms with Crippen LogP contribution in [0.15, 0.2) is 53.3 Å². The standard InChI is InChI=1S/C29H37ClN2O2/c1-2-3-4-5-6-7-8-9-10-11-12-13-15-22-17-19-23(20-18-22)32-27-25(30)29(34)26-24(28(27)33)16-14-21-31-26/h14,16-21,32H,2-13,15H2,1H3. The van der Waals surface area contributed by atoms with Crippen molar-refractivity contribution in [2.75, 3.05) is 5.32 Å². The van der Waals surface area contributed by atoms with E-state index in [4.69, 9.17) is 11.6 Å². The fraction of sp³-hybridized carbons (Fsp3) is 0.483. The molecule has 0 aliphatic heterocycles. The third-order valence-electron chi connectivity index (χ3n) is 6.46. The molecule has 0 saturated heterocycles. The Morgan fingerprint density at radius 3 is 1.97 bits per heavy atom. The average molecular weight is 481 g/mol. The molecule has 3 rings (SSSR count). The Hall–Kier alpha value is -2.46. The summed E-state index contributed by atoms with van der Waals surface area (Å²) in [6.07, 6.45) is 18.7. The number of hydrogen-bond acceptors (Lipinski definition) is 4. The number of aromatic nitrogens is 1. The van der Waals surface area contributed by atoms with E-state index in [-0.39, 0.29) is 27.8 Å². The number of carbonyl (C=O) groups excluding carboxylic acids is 2. The summed E-state index contributed by atoms with van der Waals surface area (Å²) in [6, 6.07) is 11.3. The molecule has 0 bridgehead atoms. The molecule has 4 nitrogen and oxygen atoms in total. The summed E-state index contributed by atoms with van der Waals surface area (Å²) in [4.78, 5) is 29.3. The Kier molecular flexibility index (Phi) is 10.8. The maximum atomic E-state index is 12.8. The molecular formula is C29H37ClN2O2. The molecule has 0 radical (unpaired) electrons. The fourth-order valence-electron chi connectivity index (χ4n) is 4.40. The van der Waals surface area contributed by atoms with Crippen molar-refractivity contribution in [1.82, 2.24) is 4.98 Å². The lowest BCUT2D eigenvalue weighted by atomic mass is 9.96. The Balaban J connectivity index is 1.35. The molecule has 1 aromatic carbocycles. The number of ketones is 2. The highest BCUT2D eigenvalue weighted by Crippen LogP contribution is 2.28. The monoisotopic (exact) mass is 480 g/mol. The van der Waals surface area contributed by atoms with Crippen LogP contribution in [0.25, 0.3) is 0 Å². The second-order valence-electron chi connectivity index (χ2n) is 9.21. The fourth-order valence-corrected chi connectivity index (χ4v) is 4.62. The van der Waals surface area contributed by atoms with Gasteiger partial charge >= 0.3 is 0 Å². The van der Waals surface area contributed by atoms with E-state index in [1.165, 1.54) is 88.8 Å². The van der Waals surface area contributed by atoms with Crippen LogP contribution in [0, 0.1) is 0 Å². The lowest BCUT2D eigenvalue weighted by Gasteiger charge is -2.18. The molecule has 1 heterocycles.